The topological polar surface area (TPSA) is 78.9 Å². The molecule has 1 unspecified atom stereocenters. The maximum absolute atomic E-state index is 13.0. The predicted octanol–water partition coefficient (Wildman–Crippen LogP) is 25.5. The molecule has 0 radical (unpaired) electrons. The van der Waals surface area contributed by atoms with Crippen molar-refractivity contribution < 1.29 is 28.6 Å². The van der Waals surface area contributed by atoms with Crippen LogP contribution in [0.25, 0.3) is 0 Å². The molecule has 0 N–H and O–H groups in total. The number of ether oxygens (including phenoxy) is 3. The summed E-state index contributed by atoms with van der Waals surface area (Å²) in [4.78, 5) is 38.5. The monoisotopic (exact) mass is 1160 g/mol. The Balaban J connectivity index is 4.21. The smallest absolute Gasteiger partial charge is 0.306 e. The molecule has 0 aromatic rings. The highest BCUT2D eigenvalue weighted by Crippen LogP contribution is 2.19. The van der Waals surface area contributed by atoms with Gasteiger partial charge in [-0.1, -0.05) is 351 Å². The van der Waals surface area contributed by atoms with Gasteiger partial charge in [-0.3, -0.25) is 14.4 Å². The Labute approximate surface area is 517 Å². The molecule has 83 heavy (non-hydrogen) atoms. The van der Waals surface area contributed by atoms with Crippen molar-refractivity contribution in [3.8, 4) is 0 Å². The summed E-state index contributed by atoms with van der Waals surface area (Å²) in [5.74, 6) is -0.844. The van der Waals surface area contributed by atoms with Crippen LogP contribution in [0.2, 0.25) is 0 Å². The molecule has 0 aliphatic heterocycles. The highest BCUT2D eigenvalue weighted by Gasteiger charge is 2.19. The van der Waals surface area contributed by atoms with Gasteiger partial charge in [0.15, 0.2) is 6.10 Å². The average molecular weight is 1160 g/mol. The fourth-order valence-corrected chi connectivity index (χ4v) is 11.0. The van der Waals surface area contributed by atoms with Crippen LogP contribution in [0.1, 0.15) is 393 Å². The Morgan fingerprint density at radius 1 is 0.253 bits per heavy atom. The summed E-state index contributed by atoms with van der Waals surface area (Å²) >= 11 is 0. The third kappa shape index (κ3) is 69.8. The first-order valence-electron chi connectivity index (χ1n) is 36.8. The van der Waals surface area contributed by atoms with E-state index in [1.54, 1.807) is 0 Å². The zero-order valence-electron chi connectivity index (χ0n) is 55.7. The lowest BCUT2D eigenvalue weighted by Gasteiger charge is -2.18. The van der Waals surface area contributed by atoms with E-state index in [1.807, 2.05) is 0 Å². The molecule has 0 heterocycles. The van der Waals surface area contributed by atoms with E-state index in [4.69, 9.17) is 14.2 Å². The minimum absolute atomic E-state index is 0.0691. The molecule has 0 saturated carbocycles. The zero-order chi connectivity index (χ0) is 59.9. The minimum Gasteiger partial charge on any atom is -0.462 e. The van der Waals surface area contributed by atoms with Crippen molar-refractivity contribution >= 4 is 17.9 Å². The molecular weight excluding hydrogens is 1020 g/mol. The number of hydrogen-bond acceptors (Lipinski definition) is 6. The molecular formula is C77H140O6. The summed E-state index contributed by atoms with van der Waals surface area (Å²) in [6.45, 7) is 6.60. The quantitative estimate of drug-likeness (QED) is 0.0261. The Kier molecular flexibility index (Phi) is 69.1. The standard InChI is InChI=1S/C77H140O6/c1-4-7-10-13-16-19-22-25-28-31-33-34-35-36-37-38-39-40-41-42-43-44-45-47-49-52-55-58-61-64-67-70-76(79)82-73-74(72-81-75(78)69-66-63-60-57-54-51-48-30-27-24-21-18-15-12-9-6-3)83-77(80)71-68-65-62-59-56-53-50-46-32-29-26-23-20-17-14-11-8-5-2/h7,10,16,19,25,28-29,32-34,74H,4-6,8-9,11-15,17-18,20-24,26-27,30-31,35-73H2,1-3H3/b10-7-,19-16-,28-25-,32-29-,34-33-. The molecule has 0 aliphatic rings. The van der Waals surface area contributed by atoms with E-state index in [-0.39, 0.29) is 31.1 Å². The van der Waals surface area contributed by atoms with E-state index in [0.29, 0.717) is 19.3 Å². The van der Waals surface area contributed by atoms with Crippen molar-refractivity contribution in [2.24, 2.45) is 0 Å². The third-order valence-electron chi connectivity index (χ3n) is 16.5. The minimum atomic E-state index is -0.774. The molecule has 0 aliphatic carbocycles. The number of hydrogen-bond donors (Lipinski definition) is 0. The Hall–Kier alpha value is -2.89. The molecule has 0 spiro atoms. The molecule has 0 saturated heterocycles. The largest absolute Gasteiger partial charge is 0.462 e. The van der Waals surface area contributed by atoms with Gasteiger partial charge in [0.2, 0.25) is 0 Å². The summed E-state index contributed by atoms with van der Waals surface area (Å²) < 4.78 is 17.0. The first-order chi connectivity index (χ1) is 41.0. The summed E-state index contributed by atoms with van der Waals surface area (Å²) in [7, 11) is 0. The van der Waals surface area contributed by atoms with Crippen molar-refractivity contribution in [3.05, 3.63) is 60.8 Å². The maximum Gasteiger partial charge on any atom is 0.306 e. The van der Waals surface area contributed by atoms with Crippen LogP contribution in [-0.2, 0) is 28.6 Å². The molecule has 0 aromatic heterocycles. The highest BCUT2D eigenvalue weighted by molar-refractivity contribution is 5.71. The van der Waals surface area contributed by atoms with Crippen molar-refractivity contribution in [3.63, 3.8) is 0 Å². The zero-order valence-corrected chi connectivity index (χ0v) is 55.7. The first-order valence-corrected chi connectivity index (χ1v) is 36.8. The number of carbonyl (C=O) groups excluding carboxylic acids is 3. The first kappa shape index (κ1) is 80.1. The molecule has 0 fully saturated rings. The van der Waals surface area contributed by atoms with Crippen LogP contribution < -0.4 is 0 Å². The van der Waals surface area contributed by atoms with Crippen LogP contribution >= 0.6 is 0 Å². The average Bonchev–Trinajstić information content (AvgIpc) is 3.49. The van der Waals surface area contributed by atoms with E-state index >= 15 is 0 Å². The van der Waals surface area contributed by atoms with Gasteiger partial charge in [0.05, 0.1) is 0 Å². The Bertz CT molecular complexity index is 1470. The second-order valence-corrected chi connectivity index (χ2v) is 24.8. The van der Waals surface area contributed by atoms with Crippen molar-refractivity contribution in [1.29, 1.82) is 0 Å². The SMILES string of the molecule is CC/C=C\C/C=C\C/C=C\C/C=C\CCCCCCCCCCCCCCCCCCCCC(=O)OCC(COC(=O)CCCCCCCCCCCCCCCCCC)OC(=O)CCCCCCCCC/C=C\CCCCCCCCC. The molecule has 1 atom stereocenters. The van der Waals surface area contributed by atoms with Gasteiger partial charge in [0.1, 0.15) is 13.2 Å². The summed E-state index contributed by atoms with van der Waals surface area (Å²) in [5.41, 5.74) is 0. The van der Waals surface area contributed by atoms with Crippen LogP contribution in [0.5, 0.6) is 0 Å². The summed E-state index contributed by atoms with van der Waals surface area (Å²) in [6.07, 6.45) is 92.6. The van der Waals surface area contributed by atoms with Crippen molar-refractivity contribution in [1.82, 2.24) is 0 Å². The second kappa shape index (κ2) is 71.6. The van der Waals surface area contributed by atoms with E-state index in [2.05, 4.69) is 81.5 Å². The van der Waals surface area contributed by atoms with Crippen LogP contribution in [-0.4, -0.2) is 37.2 Å². The second-order valence-electron chi connectivity index (χ2n) is 24.8. The van der Waals surface area contributed by atoms with Crippen LogP contribution in [0.3, 0.4) is 0 Å². The van der Waals surface area contributed by atoms with E-state index < -0.39 is 6.10 Å². The number of unbranched alkanes of at least 4 members (excludes halogenated alkanes) is 47. The fourth-order valence-electron chi connectivity index (χ4n) is 11.0. The highest BCUT2D eigenvalue weighted by atomic mass is 16.6. The molecule has 0 amide bonds. The Morgan fingerprint density at radius 2 is 0.470 bits per heavy atom. The Morgan fingerprint density at radius 3 is 0.747 bits per heavy atom. The van der Waals surface area contributed by atoms with Crippen molar-refractivity contribution in [2.45, 2.75) is 399 Å². The fraction of sp³-hybridized carbons (Fsp3) is 0.831. The third-order valence-corrected chi connectivity index (χ3v) is 16.5. The maximum atomic E-state index is 13.0. The lowest BCUT2D eigenvalue weighted by Crippen LogP contribution is -2.30. The van der Waals surface area contributed by atoms with Gasteiger partial charge in [-0.05, 0) is 83.5 Å². The van der Waals surface area contributed by atoms with E-state index in [0.717, 1.165) is 83.5 Å². The molecule has 6 heteroatoms. The molecule has 0 rings (SSSR count). The lowest BCUT2D eigenvalue weighted by atomic mass is 10.0. The van der Waals surface area contributed by atoms with Crippen molar-refractivity contribution in [2.75, 3.05) is 13.2 Å². The van der Waals surface area contributed by atoms with Crippen LogP contribution in [0.4, 0.5) is 0 Å². The molecule has 484 valence electrons. The van der Waals surface area contributed by atoms with Gasteiger partial charge in [0, 0.05) is 19.3 Å². The van der Waals surface area contributed by atoms with E-state index in [9.17, 15) is 14.4 Å². The van der Waals surface area contributed by atoms with Gasteiger partial charge in [-0.15, -0.1) is 0 Å². The van der Waals surface area contributed by atoms with Gasteiger partial charge in [-0.2, -0.15) is 0 Å². The normalized spacial score (nSPS) is 12.4. The number of carbonyl (C=O) groups is 3. The molecule has 0 aromatic carbocycles. The van der Waals surface area contributed by atoms with Gasteiger partial charge >= 0.3 is 17.9 Å². The van der Waals surface area contributed by atoms with E-state index in [1.165, 1.54) is 270 Å². The molecule has 0 bridgehead atoms. The van der Waals surface area contributed by atoms with Gasteiger partial charge in [0.25, 0.3) is 0 Å². The van der Waals surface area contributed by atoms with Crippen LogP contribution in [0, 0.1) is 0 Å². The molecule has 6 nitrogen and oxygen atoms in total. The summed E-state index contributed by atoms with van der Waals surface area (Å²) in [6, 6.07) is 0. The van der Waals surface area contributed by atoms with Crippen LogP contribution in [0.15, 0.2) is 60.8 Å². The number of allylic oxidation sites excluding steroid dienone is 10. The predicted molar refractivity (Wildman–Crippen MR) is 362 cm³/mol. The van der Waals surface area contributed by atoms with Gasteiger partial charge in [-0.25, -0.2) is 0 Å². The number of esters is 3. The summed E-state index contributed by atoms with van der Waals surface area (Å²) in [5, 5.41) is 0. The van der Waals surface area contributed by atoms with Gasteiger partial charge < -0.3 is 14.2 Å². The lowest BCUT2D eigenvalue weighted by molar-refractivity contribution is -0.167. The number of rotatable bonds is 68.